The van der Waals surface area contributed by atoms with Gasteiger partial charge < -0.3 is 9.30 Å². The fourth-order valence-corrected chi connectivity index (χ4v) is 2.02. The van der Waals surface area contributed by atoms with Crippen molar-refractivity contribution in [3.8, 4) is 0 Å². The fraction of sp³-hybridized carbons (Fsp3) is 0.250. The smallest absolute Gasteiger partial charge is 0.343 e. The number of carbonyl (C=O) groups excluding carboxylic acids is 1. The molecule has 0 unspecified atom stereocenters. The van der Waals surface area contributed by atoms with Crippen LogP contribution in [0.25, 0.3) is 11.0 Å². The van der Waals surface area contributed by atoms with Gasteiger partial charge in [-0.25, -0.2) is 9.78 Å². The second-order valence-electron chi connectivity index (χ2n) is 3.73. The maximum atomic E-state index is 12.2. The molecule has 6 heteroatoms. The highest BCUT2D eigenvalue weighted by molar-refractivity contribution is 9.10. The van der Waals surface area contributed by atoms with Crippen LogP contribution < -0.4 is 5.43 Å². The minimum Gasteiger partial charge on any atom is -0.462 e. The van der Waals surface area contributed by atoms with Crippen LogP contribution in [0.15, 0.2) is 27.7 Å². The molecule has 0 N–H and O–H groups in total. The van der Waals surface area contributed by atoms with Crippen molar-refractivity contribution in [1.82, 2.24) is 9.55 Å². The van der Waals surface area contributed by atoms with E-state index >= 15 is 0 Å². The molecule has 0 saturated carbocycles. The third-order valence-corrected chi connectivity index (χ3v) is 2.91. The van der Waals surface area contributed by atoms with Crippen LogP contribution in [-0.4, -0.2) is 22.1 Å². The zero-order valence-corrected chi connectivity index (χ0v) is 11.5. The molecule has 0 aromatic carbocycles. The molecule has 0 radical (unpaired) electrons. The second-order valence-corrected chi connectivity index (χ2v) is 4.64. The molecule has 0 aliphatic carbocycles. The molecular formula is C12H11BrN2O3. The van der Waals surface area contributed by atoms with E-state index in [1.807, 2.05) is 0 Å². The molecular weight excluding hydrogens is 300 g/mol. The van der Waals surface area contributed by atoms with Crippen LogP contribution in [0.4, 0.5) is 0 Å². The quantitative estimate of drug-likeness (QED) is 0.795. The molecule has 0 atom stereocenters. The van der Waals surface area contributed by atoms with Crippen LogP contribution in [0.3, 0.4) is 0 Å². The molecule has 0 aliphatic heterocycles. The van der Waals surface area contributed by atoms with Gasteiger partial charge in [-0.1, -0.05) is 0 Å². The summed E-state index contributed by atoms with van der Waals surface area (Å²) in [6, 6.07) is 1.65. The average Bonchev–Trinajstić information content (AvgIpc) is 2.33. The number of halogens is 1. The third-order valence-electron chi connectivity index (χ3n) is 2.47. The number of ether oxygens (including phenoxy) is 1. The first kappa shape index (κ1) is 12.8. The predicted octanol–water partition coefficient (Wildman–Crippen LogP) is 1.87. The molecule has 0 fully saturated rings. The number of aryl methyl sites for hydroxylation is 1. The molecule has 2 rings (SSSR count). The number of esters is 1. The van der Waals surface area contributed by atoms with Gasteiger partial charge in [0.1, 0.15) is 11.2 Å². The summed E-state index contributed by atoms with van der Waals surface area (Å²) in [5.41, 5.74) is 0.179. The van der Waals surface area contributed by atoms with E-state index in [1.165, 1.54) is 6.20 Å². The minimum atomic E-state index is -0.611. The Labute approximate surface area is 112 Å². The van der Waals surface area contributed by atoms with Gasteiger partial charge in [0.15, 0.2) is 0 Å². The van der Waals surface area contributed by atoms with Crippen LogP contribution in [0.1, 0.15) is 17.3 Å². The van der Waals surface area contributed by atoms with E-state index < -0.39 is 5.97 Å². The van der Waals surface area contributed by atoms with Crippen molar-refractivity contribution in [3.05, 3.63) is 38.7 Å². The molecule has 0 amide bonds. The van der Waals surface area contributed by atoms with Crippen LogP contribution in [0, 0.1) is 0 Å². The molecule has 18 heavy (non-hydrogen) atoms. The van der Waals surface area contributed by atoms with E-state index in [9.17, 15) is 9.59 Å². The Morgan fingerprint density at radius 1 is 1.56 bits per heavy atom. The lowest BCUT2D eigenvalue weighted by Gasteiger charge is -2.07. The van der Waals surface area contributed by atoms with Gasteiger partial charge in [-0.3, -0.25) is 4.79 Å². The Bertz CT molecular complexity index is 679. The molecule has 2 heterocycles. The number of rotatable bonds is 2. The maximum Gasteiger partial charge on any atom is 0.343 e. The highest BCUT2D eigenvalue weighted by Gasteiger charge is 2.16. The summed E-state index contributed by atoms with van der Waals surface area (Å²) in [4.78, 5) is 28.0. The number of hydrogen-bond donors (Lipinski definition) is 0. The van der Waals surface area contributed by atoms with E-state index in [4.69, 9.17) is 4.74 Å². The van der Waals surface area contributed by atoms with E-state index in [-0.39, 0.29) is 17.6 Å². The van der Waals surface area contributed by atoms with Crippen molar-refractivity contribution in [2.45, 2.75) is 6.92 Å². The van der Waals surface area contributed by atoms with Gasteiger partial charge in [0, 0.05) is 23.9 Å². The first-order valence-corrected chi connectivity index (χ1v) is 6.16. The molecule has 0 aliphatic rings. The van der Waals surface area contributed by atoms with Crippen molar-refractivity contribution in [1.29, 1.82) is 0 Å². The number of hydrogen-bond acceptors (Lipinski definition) is 4. The zero-order chi connectivity index (χ0) is 13.3. The SMILES string of the molecule is CCOC(=O)c1cn(C)c2ncc(Br)cc2c1=O. The summed E-state index contributed by atoms with van der Waals surface area (Å²) in [5, 5.41) is 0.387. The first-order valence-electron chi connectivity index (χ1n) is 5.36. The van der Waals surface area contributed by atoms with Crippen LogP contribution >= 0.6 is 15.9 Å². The lowest BCUT2D eigenvalue weighted by atomic mass is 10.2. The number of fused-ring (bicyclic) bond motifs is 1. The molecule has 0 bridgehead atoms. The lowest BCUT2D eigenvalue weighted by molar-refractivity contribution is 0.0524. The standard InChI is InChI=1S/C12H11BrN2O3/c1-3-18-12(17)9-6-15(2)11-8(10(9)16)4-7(13)5-14-11/h4-6H,3H2,1-2H3. The van der Waals surface area contributed by atoms with E-state index in [2.05, 4.69) is 20.9 Å². The van der Waals surface area contributed by atoms with Gasteiger partial charge in [0.2, 0.25) is 5.43 Å². The van der Waals surface area contributed by atoms with Crippen LogP contribution in [-0.2, 0) is 11.8 Å². The van der Waals surface area contributed by atoms with E-state index in [1.54, 1.807) is 30.8 Å². The summed E-state index contributed by atoms with van der Waals surface area (Å²) in [6.07, 6.45) is 3.05. The summed E-state index contributed by atoms with van der Waals surface area (Å²) in [7, 11) is 1.73. The molecule has 94 valence electrons. The highest BCUT2D eigenvalue weighted by Crippen LogP contribution is 2.14. The predicted molar refractivity (Wildman–Crippen MR) is 70.6 cm³/mol. The number of carbonyl (C=O) groups is 1. The fourth-order valence-electron chi connectivity index (χ4n) is 1.69. The molecule has 2 aromatic heterocycles. The van der Waals surface area contributed by atoms with Crippen molar-refractivity contribution < 1.29 is 9.53 Å². The summed E-state index contributed by atoms with van der Waals surface area (Å²) in [6.45, 7) is 1.93. The van der Waals surface area contributed by atoms with Gasteiger partial charge >= 0.3 is 5.97 Å². The van der Waals surface area contributed by atoms with Crippen molar-refractivity contribution in [3.63, 3.8) is 0 Å². The second kappa shape index (κ2) is 4.89. The Balaban J connectivity index is 2.75. The number of aromatic nitrogens is 2. The van der Waals surface area contributed by atoms with Crippen LogP contribution in [0.2, 0.25) is 0 Å². The van der Waals surface area contributed by atoms with Gasteiger partial charge in [0.05, 0.1) is 12.0 Å². The average molecular weight is 311 g/mol. The van der Waals surface area contributed by atoms with E-state index in [0.29, 0.717) is 15.5 Å². The summed E-state index contributed by atoms with van der Waals surface area (Å²) in [5.74, 6) is -0.611. The zero-order valence-electron chi connectivity index (χ0n) is 9.94. The number of pyridine rings is 2. The van der Waals surface area contributed by atoms with E-state index in [0.717, 1.165) is 0 Å². The van der Waals surface area contributed by atoms with Crippen molar-refractivity contribution in [2.24, 2.45) is 7.05 Å². The molecule has 5 nitrogen and oxygen atoms in total. The highest BCUT2D eigenvalue weighted by atomic mass is 79.9. The molecule has 0 spiro atoms. The summed E-state index contributed by atoms with van der Waals surface area (Å²) < 4.78 is 7.18. The monoisotopic (exact) mass is 310 g/mol. The van der Waals surface area contributed by atoms with Gasteiger partial charge in [0.25, 0.3) is 0 Å². The van der Waals surface area contributed by atoms with Gasteiger partial charge in [-0.2, -0.15) is 0 Å². The Kier molecular flexibility index (Phi) is 3.47. The molecule has 0 saturated heterocycles. The Hall–Kier alpha value is -1.69. The van der Waals surface area contributed by atoms with Crippen molar-refractivity contribution >= 4 is 32.9 Å². The first-order chi connectivity index (χ1) is 8.54. The maximum absolute atomic E-state index is 12.2. The Morgan fingerprint density at radius 3 is 2.94 bits per heavy atom. The largest absolute Gasteiger partial charge is 0.462 e. The minimum absolute atomic E-state index is 0.0201. The van der Waals surface area contributed by atoms with Gasteiger partial charge in [-0.05, 0) is 28.9 Å². The van der Waals surface area contributed by atoms with Crippen molar-refractivity contribution in [2.75, 3.05) is 6.61 Å². The van der Waals surface area contributed by atoms with Crippen LogP contribution in [0.5, 0.6) is 0 Å². The Morgan fingerprint density at radius 2 is 2.28 bits per heavy atom. The van der Waals surface area contributed by atoms with Gasteiger partial charge in [-0.15, -0.1) is 0 Å². The summed E-state index contributed by atoms with van der Waals surface area (Å²) >= 11 is 3.26. The topological polar surface area (TPSA) is 61.2 Å². The lowest BCUT2D eigenvalue weighted by Crippen LogP contribution is -2.20. The molecule has 2 aromatic rings. The normalized spacial score (nSPS) is 10.6. The number of nitrogens with zero attached hydrogens (tertiary/aromatic N) is 2. The third kappa shape index (κ3) is 2.15.